The van der Waals surface area contributed by atoms with E-state index in [1.807, 2.05) is 5.10 Å². The highest BCUT2D eigenvalue weighted by Gasteiger charge is 2.33. The van der Waals surface area contributed by atoms with Gasteiger partial charge in [-0.15, -0.1) is 11.3 Å². The van der Waals surface area contributed by atoms with Gasteiger partial charge in [0.05, 0.1) is 10.7 Å². The van der Waals surface area contributed by atoms with Crippen LogP contribution in [0.2, 0.25) is 10.0 Å². The molecule has 3 rings (SSSR count). The number of hydrogen-bond donors (Lipinski definition) is 2. The third kappa shape index (κ3) is 3.15. The van der Waals surface area contributed by atoms with Gasteiger partial charge in [0.1, 0.15) is 22.1 Å². The SMILES string of the molecule is Oc1c(Cl)cc(Cl)cc1-c1csc(-c2cc(C(F)(F)F)[nH]n2)n1. The van der Waals surface area contributed by atoms with Gasteiger partial charge in [-0.25, -0.2) is 4.98 Å². The van der Waals surface area contributed by atoms with E-state index in [1.165, 1.54) is 12.1 Å². The van der Waals surface area contributed by atoms with Crippen molar-refractivity contribution in [3.63, 3.8) is 0 Å². The average molecular weight is 380 g/mol. The summed E-state index contributed by atoms with van der Waals surface area (Å²) in [5, 5.41) is 17.7. The molecule has 0 aliphatic heterocycles. The number of nitrogens with zero attached hydrogens (tertiary/aromatic N) is 2. The number of phenols is 1. The number of rotatable bonds is 2. The maximum atomic E-state index is 12.6. The molecule has 0 aliphatic carbocycles. The number of halogens is 5. The molecule has 0 fully saturated rings. The van der Waals surface area contributed by atoms with Crippen LogP contribution in [-0.2, 0) is 6.18 Å². The first-order chi connectivity index (χ1) is 10.8. The van der Waals surface area contributed by atoms with Crippen molar-refractivity contribution in [3.8, 4) is 27.7 Å². The molecule has 0 unspecified atom stereocenters. The van der Waals surface area contributed by atoms with Crippen LogP contribution in [0.15, 0.2) is 23.6 Å². The molecule has 0 spiro atoms. The molecule has 120 valence electrons. The molecule has 0 saturated heterocycles. The van der Waals surface area contributed by atoms with Crippen molar-refractivity contribution >= 4 is 34.5 Å². The molecule has 4 nitrogen and oxygen atoms in total. The standard InChI is InChI=1S/C13H6Cl2F3N3OS/c14-5-1-6(11(22)7(15)2-5)9-4-23-12(19-9)8-3-10(21-20-8)13(16,17)18/h1-4,22H,(H,20,21). The molecule has 23 heavy (non-hydrogen) atoms. The van der Waals surface area contributed by atoms with Crippen LogP contribution in [0.5, 0.6) is 5.75 Å². The molecule has 0 aliphatic rings. The molecule has 10 heteroatoms. The van der Waals surface area contributed by atoms with E-state index in [0.717, 1.165) is 17.4 Å². The lowest BCUT2D eigenvalue weighted by Crippen LogP contribution is -2.04. The molecular weight excluding hydrogens is 374 g/mol. The number of alkyl halides is 3. The smallest absolute Gasteiger partial charge is 0.432 e. The summed E-state index contributed by atoms with van der Waals surface area (Å²) in [6.07, 6.45) is -4.51. The molecule has 0 saturated carbocycles. The fourth-order valence-electron chi connectivity index (χ4n) is 1.85. The summed E-state index contributed by atoms with van der Waals surface area (Å²) >= 11 is 12.8. The van der Waals surface area contributed by atoms with E-state index in [-0.39, 0.29) is 27.0 Å². The first-order valence-electron chi connectivity index (χ1n) is 6.02. The van der Waals surface area contributed by atoms with Crippen molar-refractivity contribution in [3.05, 3.63) is 39.3 Å². The zero-order chi connectivity index (χ0) is 16.8. The van der Waals surface area contributed by atoms with Gasteiger partial charge in [-0.2, -0.15) is 18.3 Å². The van der Waals surface area contributed by atoms with Gasteiger partial charge in [-0.05, 0) is 18.2 Å². The number of nitrogens with one attached hydrogen (secondary N) is 1. The van der Waals surface area contributed by atoms with Gasteiger partial charge in [0, 0.05) is 16.0 Å². The summed E-state index contributed by atoms with van der Waals surface area (Å²) < 4.78 is 37.7. The van der Waals surface area contributed by atoms with Crippen LogP contribution >= 0.6 is 34.5 Å². The lowest BCUT2D eigenvalue weighted by molar-refractivity contribution is -0.141. The van der Waals surface area contributed by atoms with Crippen molar-refractivity contribution in [1.29, 1.82) is 0 Å². The predicted octanol–water partition coefficient (Wildman–Crippen LogP) is 5.23. The molecular formula is C13H6Cl2F3N3OS. The Bertz CT molecular complexity index is 876. The molecule has 1 aromatic carbocycles. The van der Waals surface area contributed by atoms with Gasteiger partial charge in [-0.3, -0.25) is 5.10 Å². The van der Waals surface area contributed by atoms with Crippen LogP contribution in [0.25, 0.3) is 22.0 Å². The fraction of sp³-hybridized carbons (Fsp3) is 0.0769. The van der Waals surface area contributed by atoms with Crippen LogP contribution in [0, 0.1) is 0 Å². The fourth-order valence-corrected chi connectivity index (χ4v) is 3.13. The van der Waals surface area contributed by atoms with E-state index in [1.54, 1.807) is 5.38 Å². The van der Waals surface area contributed by atoms with Gasteiger partial charge < -0.3 is 5.11 Å². The van der Waals surface area contributed by atoms with Crippen LogP contribution in [-0.4, -0.2) is 20.3 Å². The molecule has 0 atom stereocenters. The Hall–Kier alpha value is -1.77. The van der Waals surface area contributed by atoms with Gasteiger partial charge >= 0.3 is 6.18 Å². The summed E-state index contributed by atoms with van der Waals surface area (Å²) in [5.74, 6) is -0.203. The first-order valence-corrected chi connectivity index (χ1v) is 7.66. The first kappa shape index (κ1) is 16.1. The van der Waals surface area contributed by atoms with Gasteiger partial charge in [-0.1, -0.05) is 23.2 Å². The van der Waals surface area contributed by atoms with Crippen LogP contribution < -0.4 is 0 Å². The van der Waals surface area contributed by atoms with Gasteiger partial charge in [0.2, 0.25) is 0 Å². The summed E-state index contributed by atoms with van der Waals surface area (Å²) in [7, 11) is 0. The van der Waals surface area contributed by atoms with Crippen LogP contribution in [0.1, 0.15) is 5.69 Å². The van der Waals surface area contributed by atoms with E-state index < -0.39 is 11.9 Å². The number of aromatic nitrogens is 3. The van der Waals surface area contributed by atoms with Crippen molar-refractivity contribution in [2.75, 3.05) is 0 Å². The predicted molar refractivity (Wildman–Crippen MR) is 81.8 cm³/mol. The van der Waals surface area contributed by atoms with E-state index in [9.17, 15) is 18.3 Å². The second-order valence-corrected chi connectivity index (χ2v) is 6.19. The number of aromatic hydroxyl groups is 1. The summed E-state index contributed by atoms with van der Waals surface area (Å²) in [5.41, 5.74) is -0.279. The number of aromatic amines is 1. The topological polar surface area (TPSA) is 61.8 Å². The number of phenolic OH excluding ortho intramolecular Hbond substituents is 1. The number of thiazole rings is 1. The Morgan fingerprint density at radius 2 is 1.87 bits per heavy atom. The maximum absolute atomic E-state index is 12.6. The maximum Gasteiger partial charge on any atom is 0.432 e. The van der Waals surface area contributed by atoms with Crippen molar-refractivity contribution in [1.82, 2.24) is 15.2 Å². The van der Waals surface area contributed by atoms with E-state index in [4.69, 9.17) is 23.2 Å². The highest BCUT2D eigenvalue weighted by Crippen LogP contribution is 2.39. The Balaban J connectivity index is 2.00. The number of benzene rings is 1. The monoisotopic (exact) mass is 379 g/mol. The highest BCUT2D eigenvalue weighted by atomic mass is 35.5. The minimum Gasteiger partial charge on any atom is -0.506 e. The molecule has 2 heterocycles. The van der Waals surface area contributed by atoms with Crippen molar-refractivity contribution in [2.24, 2.45) is 0 Å². The van der Waals surface area contributed by atoms with E-state index in [0.29, 0.717) is 10.7 Å². The molecule has 0 amide bonds. The lowest BCUT2D eigenvalue weighted by Gasteiger charge is -2.04. The average Bonchev–Trinajstić information content (AvgIpc) is 3.10. The van der Waals surface area contributed by atoms with Crippen molar-refractivity contribution < 1.29 is 18.3 Å². The molecule has 3 aromatic rings. The lowest BCUT2D eigenvalue weighted by atomic mass is 10.1. The highest BCUT2D eigenvalue weighted by molar-refractivity contribution is 7.13. The Morgan fingerprint density at radius 1 is 1.13 bits per heavy atom. The number of H-pyrrole nitrogens is 1. The van der Waals surface area contributed by atoms with Gasteiger partial charge in [0.25, 0.3) is 0 Å². The minimum absolute atomic E-state index is 0.0566. The third-order valence-corrected chi connectivity index (χ3v) is 4.28. The second kappa shape index (κ2) is 5.70. The zero-order valence-corrected chi connectivity index (χ0v) is 13.3. The molecule has 2 N–H and O–H groups in total. The molecule has 0 bridgehead atoms. The zero-order valence-electron chi connectivity index (χ0n) is 10.9. The van der Waals surface area contributed by atoms with Gasteiger partial charge in [0.15, 0.2) is 0 Å². The Kier molecular flexibility index (Phi) is 3.99. The Morgan fingerprint density at radius 3 is 2.52 bits per heavy atom. The quantitative estimate of drug-likeness (QED) is 0.640. The van der Waals surface area contributed by atoms with Crippen LogP contribution in [0.3, 0.4) is 0 Å². The molecule has 0 radical (unpaired) electrons. The van der Waals surface area contributed by atoms with E-state index >= 15 is 0 Å². The summed E-state index contributed by atoms with van der Waals surface area (Å²) in [6.45, 7) is 0. The van der Waals surface area contributed by atoms with E-state index in [2.05, 4.69) is 10.1 Å². The number of hydrogen-bond acceptors (Lipinski definition) is 4. The Labute approximate surface area is 141 Å². The third-order valence-electron chi connectivity index (χ3n) is 2.91. The van der Waals surface area contributed by atoms with Crippen molar-refractivity contribution in [2.45, 2.75) is 6.18 Å². The summed E-state index contributed by atoms with van der Waals surface area (Å²) in [6, 6.07) is 3.71. The molecule has 2 aromatic heterocycles. The summed E-state index contributed by atoms with van der Waals surface area (Å²) in [4.78, 5) is 4.18. The van der Waals surface area contributed by atoms with Crippen LogP contribution in [0.4, 0.5) is 13.2 Å². The second-order valence-electron chi connectivity index (χ2n) is 4.49. The normalized spacial score (nSPS) is 11.9. The minimum atomic E-state index is -4.51. The largest absolute Gasteiger partial charge is 0.506 e.